The number of carbonyl (C=O) groups is 1. The molecular weight excluding hydrogens is 245 g/mol. The molecule has 0 aliphatic rings. The first kappa shape index (κ1) is 13.1. The van der Waals surface area contributed by atoms with Crippen molar-refractivity contribution in [3.05, 3.63) is 59.9 Å². The molecule has 98 valence electrons. The second-order valence-electron chi connectivity index (χ2n) is 4.20. The standard InChI is InChI=1S/C15H14FNO2/c16-13-10-11(7-9-15(18)19)6-8-14(13)17-12-4-2-1-3-5-12/h1-6,8,10,17H,7,9H2,(H,18,19). The molecule has 19 heavy (non-hydrogen) atoms. The maximum Gasteiger partial charge on any atom is 0.303 e. The van der Waals surface area contributed by atoms with E-state index in [0.717, 1.165) is 5.69 Å². The molecule has 0 aliphatic heterocycles. The van der Waals surface area contributed by atoms with Gasteiger partial charge in [0.25, 0.3) is 0 Å². The van der Waals surface area contributed by atoms with Crippen molar-refractivity contribution in [3.63, 3.8) is 0 Å². The third kappa shape index (κ3) is 3.81. The minimum Gasteiger partial charge on any atom is -0.481 e. The first-order chi connectivity index (χ1) is 9.15. The van der Waals surface area contributed by atoms with Crippen molar-refractivity contribution in [1.29, 1.82) is 0 Å². The number of para-hydroxylation sites is 1. The van der Waals surface area contributed by atoms with Gasteiger partial charge in [-0.05, 0) is 36.2 Å². The van der Waals surface area contributed by atoms with Gasteiger partial charge in [0.2, 0.25) is 0 Å². The van der Waals surface area contributed by atoms with Crippen LogP contribution in [0.5, 0.6) is 0 Å². The smallest absolute Gasteiger partial charge is 0.303 e. The average Bonchev–Trinajstić information content (AvgIpc) is 2.40. The minimum absolute atomic E-state index is 0.00486. The Morgan fingerprint density at radius 1 is 1.16 bits per heavy atom. The predicted octanol–water partition coefficient (Wildman–Crippen LogP) is 3.59. The lowest BCUT2D eigenvalue weighted by atomic mass is 10.1. The molecule has 0 aliphatic carbocycles. The molecule has 0 saturated heterocycles. The summed E-state index contributed by atoms with van der Waals surface area (Å²) in [4.78, 5) is 10.5. The van der Waals surface area contributed by atoms with Crippen LogP contribution >= 0.6 is 0 Å². The van der Waals surface area contributed by atoms with Gasteiger partial charge in [-0.2, -0.15) is 0 Å². The van der Waals surface area contributed by atoms with Gasteiger partial charge in [0, 0.05) is 12.1 Å². The number of benzene rings is 2. The predicted molar refractivity (Wildman–Crippen MR) is 72.1 cm³/mol. The van der Waals surface area contributed by atoms with Crippen LogP contribution < -0.4 is 5.32 Å². The Morgan fingerprint density at radius 2 is 1.89 bits per heavy atom. The molecule has 3 nitrogen and oxygen atoms in total. The molecule has 0 fully saturated rings. The van der Waals surface area contributed by atoms with E-state index in [0.29, 0.717) is 17.7 Å². The van der Waals surface area contributed by atoms with Gasteiger partial charge in [-0.3, -0.25) is 4.79 Å². The van der Waals surface area contributed by atoms with E-state index < -0.39 is 5.97 Å². The largest absolute Gasteiger partial charge is 0.481 e. The highest BCUT2D eigenvalue weighted by Gasteiger charge is 2.05. The van der Waals surface area contributed by atoms with Crippen LogP contribution in [0, 0.1) is 5.82 Å². The molecule has 0 atom stereocenters. The molecule has 2 aromatic carbocycles. The van der Waals surface area contributed by atoms with Gasteiger partial charge < -0.3 is 10.4 Å². The van der Waals surface area contributed by atoms with Crippen molar-refractivity contribution >= 4 is 17.3 Å². The van der Waals surface area contributed by atoms with Gasteiger partial charge in [0.15, 0.2) is 0 Å². The summed E-state index contributed by atoms with van der Waals surface area (Å²) in [7, 11) is 0. The van der Waals surface area contributed by atoms with Gasteiger partial charge in [-0.25, -0.2) is 4.39 Å². The first-order valence-corrected chi connectivity index (χ1v) is 5.97. The fourth-order valence-electron chi connectivity index (χ4n) is 1.74. The molecule has 0 amide bonds. The van der Waals surface area contributed by atoms with E-state index >= 15 is 0 Å². The van der Waals surface area contributed by atoms with Crippen molar-refractivity contribution < 1.29 is 14.3 Å². The minimum atomic E-state index is -0.883. The molecule has 2 rings (SSSR count). The highest BCUT2D eigenvalue weighted by atomic mass is 19.1. The fraction of sp³-hybridized carbons (Fsp3) is 0.133. The Kier molecular flexibility index (Phi) is 4.13. The number of carboxylic acid groups (broad SMARTS) is 1. The van der Waals surface area contributed by atoms with Gasteiger partial charge >= 0.3 is 5.97 Å². The fourth-order valence-corrected chi connectivity index (χ4v) is 1.74. The summed E-state index contributed by atoms with van der Waals surface area (Å²) < 4.78 is 13.9. The van der Waals surface area contributed by atoms with Gasteiger partial charge in [-0.1, -0.05) is 24.3 Å². The summed E-state index contributed by atoms with van der Waals surface area (Å²) in [6.45, 7) is 0. The normalized spacial score (nSPS) is 10.2. The van der Waals surface area contributed by atoms with Crippen LogP contribution in [0.2, 0.25) is 0 Å². The topological polar surface area (TPSA) is 49.3 Å². The average molecular weight is 259 g/mol. The van der Waals surface area contributed by atoms with Crippen LogP contribution in [0.15, 0.2) is 48.5 Å². The lowest BCUT2D eigenvalue weighted by molar-refractivity contribution is -0.136. The van der Waals surface area contributed by atoms with E-state index in [1.165, 1.54) is 6.07 Å². The van der Waals surface area contributed by atoms with Crippen LogP contribution in [-0.4, -0.2) is 11.1 Å². The molecular formula is C15H14FNO2. The number of nitrogens with one attached hydrogen (secondary N) is 1. The number of rotatable bonds is 5. The molecule has 2 N–H and O–H groups in total. The lowest BCUT2D eigenvalue weighted by Gasteiger charge is -2.08. The summed E-state index contributed by atoms with van der Waals surface area (Å²) in [5.41, 5.74) is 1.86. The van der Waals surface area contributed by atoms with Crippen LogP contribution in [-0.2, 0) is 11.2 Å². The van der Waals surface area contributed by atoms with Crippen LogP contribution in [0.1, 0.15) is 12.0 Å². The number of anilines is 2. The molecule has 4 heteroatoms. The highest BCUT2D eigenvalue weighted by Crippen LogP contribution is 2.21. The second-order valence-corrected chi connectivity index (χ2v) is 4.20. The SMILES string of the molecule is O=C(O)CCc1ccc(Nc2ccccc2)c(F)c1. The Balaban J connectivity index is 2.09. The highest BCUT2D eigenvalue weighted by molar-refractivity contribution is 5.67. The third-order valence-corrected chi connectivity index (χ3v) is 2.71. The summed E-state index contributed by atoms with van der Waals surface area (Å²) in [6, 6.07) is 14.0. The summed E-state index contributed by atoms with van der Waals surface area (Å²) >= 11 is 0. The van der Waals surface area contributed by atoms with Crippen LogP contribution in [0.3, 0.4) is 0 Å². The van der Waals surface area contributed by atoms with Crippen molar-refractivity contribution in [3.8, 4) is 0 Å². The third-order valence-electron chi connectivity index (χ3n) is 2.71. The number of hydrogen-bond donors (Lipinski definition) is 2. The molecule has 0 radical (unpaired) electrons. The first-order valence-electron chi connectivity index (χ1n) is 5.97. The zero-order valence-corrected chi connectivity index (χ0v) is 10.3. The summed E-state index contributed by atoms with van der Waals surface area (Å²) in [6.07, 6.45) is 0.336. The van der Waals surface area contributed by atoms with E-state index in [1.54, 1.807) is 12.1 Å². The molecule has 0 bridgehead atoms. The van der Waals surface area contributed by atoms with Gasteiger partial charge in [0.1, 0.15) is 5.82 Å². The Hall–Kier alpha value is -2.36. The molecule has 2 aromatic rings. The number of halogens is 1. The van der Waals surface area contributed by atoms with Gasteiger partial charge in [-0.15, -0.1) is 0 Å². The van der Waals surface area contributed by atoms with Crippen molar-refractivity contribution in [2.24, 2.45) is 0 Å². The number of hydrogen-bond acceptors (Lipinski definition) is 2. The van der Waals surface area contributed by atoms with Crippen molar-refractivity contribution in [2.75, 3.05) is 5.32 Å². The van der Waals surface area contributed by atoms with E-state index in [2.05, 4.69) is 5.32 Å². The maximum atomic E-state index is 13.9. The van der Waals surface area contributed by atoms with Crippen LogP contribution in [0.25, 0.3) is 0 Å². The Labute approximate surface area is 110 Å². The zero-order valence-electron chi connectivity index (χ0n) is 10.3. The zero-order chi connectivity index (χ0) is 13.7. The van der Waals surface area contributed by atoms with E-state index in [1.807, 2.05) is 30.3 Å². The molecule has 0 spiro atoms. The Bertz CT molecular complexity index is 570. The molecule has 0 unspecified atom stereocenters. The Morgan fingerprint density at radius 3 is 2.53 bits per heavy atom. The van der Waals surface area contributed by atoms with Crippen LogP contribution in [0.4, 0.5) is 15.8 Å². The van der Waals surface area contributed by atoms with E-state index in [4.69, 9.17) is 5.11 Å². The summed E-state index contributed by atoms with van der Waals surface area (Å²) in [5.74, 6) is -1.27. The quantitative estimate of drug-likeness (QED) is 0.862. The van der Waals surface area contributed by atoms with E-state index in [-0.39, 0.29) is 12.2 Å². The van der Waals surface area contributed by atoms with Crippen molar-refractivity contribution in [1.82, 2.24) is 0 Å². The van der Waals surface area contributed by atoms with E-state index in [9.17, 15) is 9.18 Å². The molecule has 0 aromatic heterocycles. The number of carboxylic acids is 1. The number of aliphatic carboxylic acids is 1. The number of aryl methyl sites for hydroxylation is 1. The van der Waals surface area contributed by atoms with Gasteiger partial charge in [0.05, 0.1) is 5.69 Å². The summed E-state index contributed by atoms with van der Waals surface area (Å²) in [5, 5.41) is 11.6. The monoisotopic (exact) mass is 259 g/mol. The van der Waals surface area contributed by atoms with Crippen molar-refractivity contribution in [2.45, 2.75) is 12.8 Å². The molecule has 0 saturated carbocycles. The lowest BCUT2D eigenvalue weighted by Crippen LogP contribution is -1.99. The maximum absolute atomic E-state index is 13.9. The molecule has 0 heterocycles. The second kappa shape index (κ2) is 6.00.